The first-order valence-electron chi connectivity index (χ1n) is 8.40. The molecule has 1 N–H and O–H groups in total. The van der Waals surface area contributed by atoms with Gasteiger partial charge in [-0.2, -0.15) is 18.3 Å². The Morgan fingerprint density at radius 1 is 1.25 bits per heavy atom. The van der Waals surface area contributed by atoms with Crippen LogP contribution in [-0.2, 0) is 6.18 Å². The minimum absolute atomic E-state index is 0.174. The SMILES string of the molecule is CC(C)n1ncc(C(=O)Nc2nc3cc4c(cc3s2)OCCO4)c1C(F)(F)F. The highest BCUT2D eigenvalue weighted by molar-refractivity contribution is 7.22. The molecule has 0 saturated heterocycles. The molecule has 1 aliphatic rings. The Morgan fingerprint density at radius 2 is 1.93 bits per heavy atom. The zero-order chi connectivity index (χ0) is 20.1. The molecule has 11 heteroatoms. The van der Waals surface area contributed by atoms with E-state index in [1.54, 1.807) is 26.0 Å². The number of fused-ring (bicyclic) bond motifs is 2. The molecule has 2 aromatic heterocycles. The zero-order valence-electron chi connectivity index (χ0n) is 14.8. The molecule has 1 aliphatic heterocycles. The molecule has 148 valence electrons. The predicted octanol–water partition coefficient (Wildman–Crippen LogP) is 4.12. The van der Waals surface area contributed by atoms with E-state index in [9.17, 15) is 18.0 Å². The van der Waals surface area contributed by atoms with Crippen molar-refractivity contribution in [2.75, 3.05) is 18.5 Å². The third-order valence-electron chi connectivity index (χ3n) is 4.07. The van der Waals surface area contributed by atoms with Gasteiger partial charge in [0.15, 0.2) is 22.3 Å². The largest absolute Gasteiger partial charge is 0.486 e. The van der Waals surface area contributed by atoms with Gasteiger partial charge in [0.2, 0.25) is 0 Å². The Balaban J connectivity index is 1.65. The number of carbonyl (C=O) groups is 1. The second-order valence-electron chi connectivity index (χ2n) is 6.38. The van der Waals surface area contributed by atoms with Crippen molar-refractivity contribution >= 4 is 32.6 Å². The Bertz CT molecular complexity index is 1020. The van der Waals surface area contributed by atoms with Gasteiger partial charge in [0.25, 0.3) is 5.91 Å². The first-order valence-corrected chi connectivity index (χ1v) is 9.22. The molecule has 7 nitrogen and oxygen atoms in total. The van der Waals surface area contributed by atoms with Crippen LogP contribution in [0.3, 0.4) is 0 Å². The summed E-state index contributed by atoms with van der Waals surface area (Å²) in [7, 11) is 0. The minimum Gasteiger partial charge on any atom is -0.486 e. The number of alkyl halides is 3. The number of aromatic nitrogens is 3. The van der Waals surface area contributed by atoms with Gasteiger partial charge in [0, 0.05) is 18.2 Å². The lowest BCUT2D eigenvalue weighted by molar-refractivity contribution is -0.145. The summed E-state index contributed by atoms with van der Waals surface area (Å²) < 4.78 is 52.9. The van der Waals surface area contributed by atoms with E-state index in [-0.39, 0.29) is 5.13 Å². The topological polar surface area (TPSA) is 78.3 Å². The van der Waals surface area contributed by atoms with Crippen LogP contribution < -0.4 is 14.8 Å². The number of carbonyl (C=O) groups excluding carboxylic acids is 1. The number of nitrogens with zero attached hydrogens (tertiary/aromatic N) is 3. The second-order valence-corrected chi connectivity index (χ2v) is 7.41. The van der Waals surface area contributed by atoms with Crippen molar-refractivity contribution in [3.05, 3.63) is 29.6 Å². The van der Waals surface area contributed by atoms with Gasteiger partial charge in [-0.1, -0.05) is 11.3 Å². The summed E-state index contributed by atoms with van der Waals surface area (Å²) in [5, 5.41) is 6.34. The lowest BCUT2D eigenvalue weighted by Gasteiger charge is -2.17. The molecule has 3 heterocycles. The van der Waals surface area contributed by atoms with Crippen LogP contribution in [0.2, 0.25) is 0 Å². The summed E-state index contributed by atoms with van der Waals surface area (Å²) in [6.45, 7) is 3.97. The first kappa shape index (κ1) is 18.5. The fourth-order valence-corrected chi connectivity index (χ4v) is 3.76. The number of ether oxygens (including phenoxy) is 2. The summed E-state index contributed by atoms with van der Waals surface area (Å²) in [5.41, 5.74) is -1.08. The van der Waals surface area contributed by atoms with Crippen LogP contribution in [0.15, 0.2) is 18.3 Å². The Labute approximate surface area is 161 Å². The fraction of sp³-hybridized carbons (Fsp3) is 0.353. The Kier molecular flexibility index (Phi) is 4.41. The van der Waals surface area contributed by atoms with E-state index in [0.717, 1.165) is 22.2 Å². The molecule has 0 fully saturated rings. The maximum absolute atomic E-state index is 13.5. The van der Waals surface area contributed by atoms with E-state index in [4.69, 9.17) is 9.47 Å². The normalized spacial score (nSPS) is 13.9. The number of nitrogens with one attached hydrogen (secondary N) is 1. The summed E-state index contributed by atoms with van der Waals surface area (Å²) in [6, 6.07) is 2.86. The molecule has 1 amide bonds. The van der Waals surface area contributed by atoms with Gasteiger partial charge >= 0.3 is 6.18 Å². The number of hydrogen-bond acceptors (Lipinski definition) is 6. The number of benzene rings is 1. The fourth-order valence-electron chi connectivity index (χ4n) is 2.89. The van der Waals surface area contributed by atoms with Crippen LogP contribution in [0.1, 0.15) is 35.9 Å². The molecular weight excluding hydrogens is 397 g/mol. The van der Waals surface area contributed by atoms with Crippen molar-refractivity contribution in [1.29, 1.82) is 0 Å². The molecule has 1 aromatic carbocycles. The van der Waals surface area contributed by atoms with Crippen LogP contribution >= 0.6 is 11.3 Å². The second kappa shape index (κ2) is 6.66. The number of anilines is 1. The van der Waals surface area contributed by atoms with Crippen molar-refractivity contribution < 1.29 is 27.4 Å². The highest BCUT2D eigenvalue weighted by atomic mass is 32.1. The lowest BCUT2D eigenvalue weighted by atomic mass is 10.2. The highest BCUT2D eigenvalue weighted by Crippen LogP contribution is 2.38. The molecule has 0 unspecified atom stereocenters. The van der Waals surface area contributed by atoms with E-state index in [1.165, 1.54) is 0 Å². The van der Waals surface area contributed by atoms with Crippen molar-refractivity contribution in [2.45, 2.75) is 26.1 Å². The van der Waals surface area contributed by atoms with Gasteiger partial charge in [-0.25, -0.2) is 4.98 Å². The maximum atomic E-state index is 13.5. The van der Waals surface area contributed by atoms with E-state index in [2.05, 4.69) is 15.4 Å². The van der Waals surface area contributed by atoms with Crippen molar-refractivity contribution in [3.8, 4) is 11.5 Å². The van der Waals surface area contributed by atoms with Gasteiger partial charge in [-0.15, -0.1) is 0 Å². The molecule has 0 aliphatic carbocycles. The van der Waals surface area contributed by atoms with E-state index in [1.807, 2.05) is 0 Å². The first-order chi connectivity index (χ1) is 13.2. The average Bonchev–Trinajstić information content (AvgIpc) is 3.22. The number of rotatable bonds is 3. The number of halogens is 3. The van der Waals surface area contributed by atoms with Gasteiger partial charge < -0.3 is 9.47 Å². The van der Waals surface area contributed by atoms with Gasteiger partial charge in [-0.3, -0.25) is 14.8 Å². The maximum Gasteiger partial charge on any atom is 0.433 e. The number of amides is 1. The molecule has 0 spiro atoms. The quantitative estimate of drug-likeness (QED) is 0.700. The molecule has 28 heavy (non-hydrogen) atoms. The summed E-state index contributed by atoms with van der Waals surface area (Å²) in [5.74, 6) is 0.188. The smallest absolute Gasteiger partial charge is 0.433 e. The molecular formula is C17H15F3N4O3S. The highest BCUT2D eigenvalue weighted by Gasteiger charge is 2.40. The minimum atomic E-state index is -4.71. The summed E-state index contributed by atoms with van der Waals surface area (Å²) >= 11 is 1.13. The van der Waals surface area contributed by atoms with Crippen LogP contribution in [0.4, 0.5) is 18.3 Å². The van der Waals surface area contributed by atoms with E-state index >= 15 is 0 Å². The third-order valence-corrected chi connectivity index (χ3v) is 5.00. The summed E-state index contributed by atoms with van der Waals surface area (Å²) in [6.07, 6.45) is -3.79. The molecule has 4 rings (SSSR count). The van der Waals surface area contributed by atoms with Crippen molar-refractivity contribution in [1.82, 2.24) is 14.8 Å². The zero-order valence-corrected chi connectivity index (χ0v) is 15.6. The van der Waals surface area contributed by atoms with Gasteiger partial charge in [-0.05, 0) is 13.8 Å². The van der Waals surface area contributed by atoms with Crippen molar-refractivity contribution in [3.63, 3.8) is 0 Å². The van der Waals surface area contributed by atoms with E-state index < -0.39 is 29.4 Å². The van der Waals surface area contributed by atoms with Crippen LogP contribution in [0, 0.1) is 0 Å². The molecule has 0 radical (unpaired) electrons. The van der Waals surface area contributed by atoms with Crippen LogP contribution in [0.25, 0.3) is 10.2 Å². The van der Waals surface area contributed by atoms with Crippen LogP contribution in [-0.4, -0.2) is 33.9 Å². The predicted molar refractivity (Wildman–Crippen MR) is 96.2 cm³/mol. The number of hydrogen-bond donors (Lipinski definition) is 1. The molecule has 0 atom stereocenters. The number of thiazole rings is 1. The monoisotopic (exact) mass is 412 g/mol. The molecule has 0 bridgehead atoms. The lowest BCUT2D eigenvalue weighted by Crippen LogP contribution is -2.22. The standard InChI is InChI=1S/C17H15F3N4O3S/c1-8(2)24-14(17(18,19)20)9(7-21-24)15(25)23-16-22-10-5-11-12(6-13(10)28-16)27-4-3-26-11/h5-8H,3-4H2,1-2H3,(H,22,23,25). The Morgan fingerprint density at radius 3 is 2.57 bits per heavy atom. The van der Waals surface area contributed by atoms with Gasteiger partial charge in [0.1, 0.15) is 13.2 Å². The summed E-state index contributed by atoms with van der Waals surface area (Å²) in [4.78, 5) is 16.8. The third kappa shape index (κ3) is 3.26. The Hall–Kier alpha value is -2.82. The average molecular weight is 412 g/mol. The van der Waals surface area contributed by atoms with Crippen molar-refractivity contribution in [2.24, 2.45) is 0 Å². The van der Waals surface area contributed by atoms with Gasteiger partial charge in [0.05, 0.1) is 22.0 Å². The van der Waals surface area contributed by atoms with Crippen LogP contribution in [0.5, 0.6) is 11.5 Å². The van der Waals surface area contributed by atoms with E-state index in [0.29, 0.717) is 34.9 Å². The molecule has 3 aromatic rings. The molecule has 0 saturated carbocycles.